The molecular weight excluding hydrogens is 434 g/mol. The number of piperidine rings is 1. The highest BCUT2D eigenvalue weighted by Crippen LogP contribution is 2.24. The number of hydrogen-bond donors (Lipinski definition) is 1. The van der Waals surface area contributed by atoms with Crippen LogP contribution in [0.4, 0.5) is 13.6 Å². The van der Waals surface area contributed by atoms with Crippen LogP contribution in [0.2, 0.25) is 0 Å². The van der Waals surface area contributed by atoms with Gasteiger partial charge in [0.1, 0.15) is 22.1 Å². The molecule has 1 aromatic carbocycles. The third-order valence-corrected chi connectivity index (χ3v) is 5.80. The number of sulfonamides is 1. The summed E-state index contributed by atoms with van der Waals surface area (Å²) in [5.74, 6) is -2.08. The molecule has 0 unspecified atom stereocenters. The largest absolute Gasteiger partial charge is 0.444 e. The third-order valence-electron chi connectivity index (χ3n) is 3.66. The van der Waals surface area contributed by atoms with Crippen LogP contribution in [-0.4, -0.2) is 44.1 Å². The molecule has 10 heteroatoms. The van der Waals surface area contributed by atoms with Crippen LogP contribution in [0.3, 0.4) is 0 Å². The Labute approximate surface area is 160 Å². The highest BCUT2D eigenvalue weighted by Gasteiger charge is 2.31. The minimum Gasteiger partial charge on any atom is -0.444 e. The second kappa shape index (κ2) is 7.77. The van der Waals surface area contributed by atoms with Gasteiger partial charge in [-0.05, 0) is 55.6 Å². The molecule has 6 nitrogen and oxygen atoms in total. The fourth-order valence-electron chi connectivity index (χ4n) is 2.56. The van der Waals surface area contributed by atoms with Gasteiger partial charge in [0.15, 0.2) is 0 Å². The van der Waals surface area contributed by atoms with Gasteiger partial charge in [-0.15, -0.1) is 0 Å². The summed E-state index contributed by atoms with van der Waals surface area (Å²) in [5, 5.41) is 0. The van der Waals surface area contributed by atoms with Crippen LogP contribution in [-0.2, 0) is 14.8 Å². The van der Waals surface area contributed by atoms with Crippen molar-refractivity contribution in [2.45, 2.75) is 50.2 Å². The maximum atomic E-state index is 13.9. The number of rotatable bonds is 3. The average Bonchev–Trinajstić information content (AvgIpc) is 2.49. The number of halogens is 3. The molecule has 1 amide bonds. The van der Waals surface area contributed by atoms with E-state index in [0.29, 0.717) is 25.5 Å². The van der Waals surface area contributed by atoms with Crippen LogP contribution in [0.25, 0.3) is 0 Å². The van der Waals surface area contributed by atoms with Crippen LogP contribution in [0, 0.1) is 11.6 Å². The molecule has 1 N–H and O–H groups in total. The van der Waals surface area contributed by atoms with E-state index in [-0.39, 0.29) is 11.0 Å². The van der Waals surface area contributed by atoms with Gasteiger partial charge in [0.05, 0.1) is 4.47 Å². The second-order valence-electron chi connectivity index (χ2n) is 7.08. The fraction of sp³-hybridized carbons (Fsp3) is 0.562. The number of ether oxygens (including phenoxy) is 1. The van der Waals surface area contributed by atoms with Crippen molar-refractivity contribution in [3.05, 3.63) is 28.2 Å². The van der Waals surface area contributed by atoms with Gasteiger partial charge in [0.25, 0.3) is 0 Å². The molecule has 0 radical (unpaired) electrons. The number of likely N-dealkylation sites (tertiary alicyclic amines) is 1. The molecule has 146 valence electrons. The minimum atomic E-state index is -4.21. The lowest BCUT2D eigenvalue weighted by Gasteiger charge is -2.34. The molecule has 26 heavy (non-hydrogen) atoms. The summed E-state index contributed by atoms with van der Waals surface area (Å²) >= 11 is 2.85. The van der Waals surface area contributed by atoms with Crippen LogP contribution < -0.4 is 4.72 Å². The van der Waals surface area contributed by atoms with Gasteiger partial charge in [0.2, 0.25) is 10.0 Å². The van der Waals surface area contributed by atoms with E-state index in [0.717, 1.165) is 6.07 Å². The second-order valence-corrected chi connectivity index (χ2v) is 9.62. The van der Waals surface area contributed by atoms with Gasteiger partial charge in [-0.25, -0.2) is 26.7 Å². The number of benzene rings is 1. The van der Waals surface area contributed by atoms with Gasteiger partial charge in [-0.2, -0.15) is 0 Å². The maximum absolute atomic E-state index is 13.9. The normalized spacial score (nSPS) is 18.7. The molecule has 1 fully saturated rings. The summed E-state index contributed by atoms with van der Waals surface area (Å²) in [4.78, 5) is 12.9. The van der Waals surface area contributed by atoms with Crippen molar-refractivity contribution in [3.8, 4) is 0 Å². The van der Waals surface area contributed by atoms with Crippen molar-refractivity contribution in [3.63, 3.8) is 0 Å². The fourth-order valence-corrected chi connectivity index (χ4v) is 4.40. The summed E-state index contributed by atoms with van der Waals surface area (Å²) in [6.45, 7) is 5.78. The Morgan fingerprint density at radius 2 is 1.96 bits per heavy atom. The highest BCUT2D eigenvalue weighted by atomic mass is 79.9. The molecule has 1 atom stereocenters. The Balaban J connectivity index is 2.12. The highest BCUT2D eigenvalue weighted by molar-refractivity contribution is 9.10. The lowest BCUT2D eigenvalue weighted by Crippen LogP contribution is -2.50. The van der Waals surface area contributed by atoms with Crippen molar-refractivity contribution in [2.24, 2.45) is 0 Å². The SMILES string of the molecule is CC(C)(C)OC(=O)N1CCC[C@@H](NS(=O)(=O)c2cc(Br)c(F)cc2F)C1. The molecule has 0 aliphatic carbocycles. The van der Waals surface area contributed by atoms with Crippen LogP contribution >= 0.6 is 15.9 Å². The summed E-state index contributed by atoms with van der Waals surface area (Å²) in [6.07, 6.45) is 0.530. The van der Waals surface area contributed by atoms with Gasteiger partial charge in [-0.3, -0.25) is 0 Å². The van der Waals surface area contributed by atoms with Crippen molar-refractivity contribution >= 4 is 32.0 Å². The molecule has 0 aromatic heterocycles. The number of carbonyl (C=O) groups excluding carboxylic acids is 1. The summed E-state index contributed by atoms with van der Waals surface area (Å²) in [7, 11) is -4.21. The Kier molecular flexibility index (Phi) is 6.29. The maximum Gasteiger partial charge on any atom is 0.410 e. The first-order chi connectivity index (χ1) is 11.9. The van der Waals surface area contributed by atoms with Gasteiger partial charge >= 0.3 is 6.09 Å². The Morgan fingerprint density at radius 1 is 1.31 bits per heavy atom. The number of nitrogens with one attached hydrogen (secondary N) is 1. The minimum absolute atomic E-state index is 0.109. The molecule has 0 bridgehead atoms. The predicted octanol–water partition coefficient (Wildman–Crippen LogP) is 3.41. The molecule has 0 saturated carbocycles. The van der Waals surface area contributed by atoms with Crippen molar-refractivity contribution in [2.75, 3.05) is 13.1 Å². The predicted molar refractivity (Wildman–Crippen MR) is 95.2 cm³/mol. The third kappa shape index (κ3) is 5.37. The zero-order chi connectivity index (χ0) is 19.7. The van der Waals surface area contributed by atoms with E-state index in [2.05, 4.69) is 20.7 Å². The van der Waals surface area contributed by atoms with E-state index in [1.807, 2.05) is 0 Å². The van der Waals surface area contributed by atoms with E-state index in [1.54, 1.807) is 20.8 Å². The van der Waals surface area contributed by atoms with E-state index < -0.39 is 44.3 Å². The smallest absolute Gasteiger partial charge is 0.410 e. The number of hydrogen-bond acceptors (Lipinski definition) is 4. The molecule has 2 rings (SSSR count). The lowest BCUT2D eigenvalue weighted by molar-refractivity contribution is 0.0195. The first kappa shape index (κ1) is 21.0. The van der Waals surface area contributed by atoms with Crippen molar-refractivity contribution < 1.29 is 26.7 Å². The molecule has 1 aromatic rings. The number of amides is 1. The van der Waals surface area contributed by atoms with Gasteiger partial charge < -0.3 is 9.64 Å². The van der Waals surface area contributed by atoms with E-state index in [4.69, 9.17) is 4.74 Å². The van der Waals surface area contributed by atoms with E-state index in [9.17, 15) is 22.0 Å². The quantitative estimate of drug-likeness (QED) is 0.709. The van der Waals surface area contributed by atoms with Gasteiger partial charge in [-0.1, -0.05) is 0 Å². The zero-order valence-electron chi connectivity index (χ0n) is 14.7. The van der Waals surface area contributed by atoms with Crippen LogP contribution in [0.5, 0.6) is 0 Å². The number of carbonyl (C=O) groups is 1. The number of nitrogens with zero attached hydrogens (tertiary/aromatic N) is 1. The summed E-state index contributed by atoms with van der Waals surface area (Å²) in [6, 6.07) is 0.790. The average molecular weight is 455 g/mol. The van der Waals surface area contributed by atoms with E-state index in [1.165, 1.54) is 4.90 Å². The molecule has 1 aliphatic rings. The Hall–Kier alpha value is -1.26. The first-order valence-electron chi connectivity index (χ1n) is 8.04. The molecular formula is C16H21BrF2N2O4S. The molecule has 1 saturated heterocycles. The van der Waals surface area contributed by atoms with Gasteiger partial charge in [0, 0.05) is 25.2 Å². The van der Waals surface area contributed by atoms with E-state index >= 15 is 0 Å². The van der Waals surface area contributed by atoms with Crippen LogP contribution in [0.15, 0.2) is 21.5 Å². The molecule has 1 aliphatic heterocycles. The molecule has 1 heterocycles. The van der Waals surface area contributed by atoms with Crippen molar-refractivity contribution in [1.82, 2.24) is 9.62 Å². The Bertz CT molecular complexity index is 796. The van der Waals surface area contributed by atoms with Crippen LogP contribution in [0.1, 0.15) is 33.6 Å². The monoisotopic (exact) mass is 454 g/mol. The lowest BCUT2D eigenvalue weighted by atomic mass is 10.1. The Morgan fingerprint density at radius 3 is 2.58 bits per heavy atom. The van der Waals surface area contributed by atoms with Crippen molar-refractivity contribution in [1.29, 1.82) is 0 Å². The summed E-state index contributed by atoms with van der Waals surface area (Å²) in [5.41, 5.74) is -0.660. The zero-order valence-corrected chi connectivity index (χ0v) is 17.1. The standard InChI is InChI=1S/C16H21BrF2N2O4S/c1-16(2,3)25-15(22)21-6-4-5-10(9-21)20-26(23,24)14-7-11(17)12(18)8-13(14)19/h7-8,10,20H,4-6,9H2,1-3H3/t10-/m1/s1. The first-order valence-corrected chi connectivity index (χ1v) is 10.3. The topological polar surface area (TPSA) is 75.7 Å². The summed E-state index contributed by atoms with van der Waals surface area (Å²) < 4.78 is 59.7. The molecule has 0 spiro atoms.